The van der Waals surface area contributed by atoms with Crippen LogP contribution < -0.4 is 4.74 Å². The van der Waals surface area contributed by atoms with E-state index in [1.165, 1.54) is 12.7 Å². The summed E-state index contributed by atoms with van der Waals surface area (Å²) < 4.78 is 9.92. The standard InChI is InChI=1S/C26H22Cl2N2O4/c1-14-4-5-16(8-15(14)2)9-23(31)17-6-7-21-22(10-17)30-26(29-21)25-19(27)11-18(12-20(25)28)34-13-24(32)33-3/h4-8,10-12H,9,13H2,1-3H3,(H,29,30). The molecule has 174 valence electrons. The van der Waals surface area contributed by atoms with E-state index in [9.17, 15) is 9.59 Å². The highest BCUT2D eigenvalue weighted by Crippen LogP contribution is 2.37. The van der Waals surface area contributed by atoms with Crippen molar-refractivity contribution in [3.63, 3.8) is 0 Å². The van der Waals surface area contributed by atoms with Crippen molar-refractivity contribution in [2.75, 3.05) is 13.7 Å². The van der Waals surface area contributed by atoms with Crippen LogP contribution in [-0.4, -0.2) is 35.4 Å². The second-order valence-corrected chi connectivity index (χ2v) is 8.78. The number of nitrogens with one attached hydrogen (secondary N) is 1. The van der Waals surface area contributed by atoms with Crippen molar-refractivity contribution >= 4 is 46.0 Å². The Balaban J connectivity index is 1.59. The molecule has 1 N–H and O–H groups in total. The second kappa shape index (κ2) is 9.87. The predicted octanol–water partition coefficient (Wildman–Crippen LogP) is 6.13. The van der Waals surface area contributed by atoms with Crippen LogP contribution in [0.3, 0.4) is 0 Å². The van der Waals surface area contributed by atoms with E-state index in [4.69, 9.17) is 27.9 Å². The molecule has 4 aromatic rings. The Morgan fingerprint density at radius 2 is 1.71 bits per heavy atom. The lowest BCUT2D eigenvalue weighted by molar-refractivity contribution is -0.142. The number of hydrogen-bond donors (Lipinski definition) is 1. The van der Waals surface area contributed by atoms with Gasteiger partial charge in [0.1, 0.15) is 11.6 Å². The summed E-state index contributed by atoms with van der Waals surface area (Å²) in [5.74, 6) is 0.295. The SMILES string of the molecule is COC(=O)COc1cc(Cl)c(-c2nc3ccc(C(=O)Cc4ccc(C)c(C)c4)cc3[nH]2)c(Cl)c1. The van der Waals surface area contributed by atoms with Gasteiger partial charge < -0.3 is 14.5 Å². The molecule has 0 saturated heterocycles. The van der Waals surface area contributed by atoms with Crippen LogP contribution in [0.5, 0.6) is 5.75 Å². The van der Waals surface area contributed by atoms with Crippen molar-refractivity contribution in [2.24, 2.45) is 0 Å². The highest BCUT2D eigenvalue weighted by atomic mass is 35.5. The number of carbonyl (C=O) groups is 2. The average Bonchev–Trinajstić information content (AvgIpc) is 3.22. The predicted molar refractivity (Wildman–Crippen MR) is 133 cm³/mol. The minimum absolute atomic E-state index is 0.0180. The lowest BCUT2D eigenvalue weighted by Gasteiger charge is -2.09. The van der Waals surface area contributed by atoms with E-state index in [0.29, 0.717) is 50.2 Å². The molecule has 3 aromatic carbocycles. The molecule has 0 aliphatic heterocycles. The maximum Gasteiger partial charge on any atom is 0.343 e. The summed E-state index contributed by atoms with van der Waals surface area (Å²) in [6.45, 7) is 3.83. The number of aryl methyl sites for hydroxylation is 2. The molecule has 0 radical (unpaired) electrons. The Kier molecular flexibility index (Phi) is 6.91. The fourth-order valence-corrected chi connectivity index (χ4v) is 4.21. The van der Waals surface area contributed by atoms with Gasteiger partial charge in [-0.2, -0.15) is 0 Å². The third-order valence-electron chi connectivity index (χ3n) is 5.58. The van der Waals surface area contributed by atoms with Gasteiger partial charge in [0.2, 0.25) is 0 Å². The number of nitrogens with zero attached hydrogens (tertiary/aromatic N) is 1. The molecule has 34 heavy (non-hydrogen) atoms. The number of methoxy groups -OCH3 is 1. The van der Waals surface area contributed by atoms with Gasteiger partial charge in [0.15, 0.2) is 12.4 Å². The molecule has 0 fully saturated rings. The van der Waals surface area contributed by atoms with Gasteiger partial charge in [0.25, 0.3) is 0 Å². The van der Waals surface area contributed by atoms with Crippen LogP contribution in [0.25, 0.3) is 22.4 Å². The Morgan fingerprint density at radius 3 is 2.38 bits per heavy atom. The van der Waals surface area contributed by atoms with Crippen molar-refractivity contribution in [1.82, 2.24) is 9.97 Å². The molecule has 4 rings (SSSR count). The summed E-state index contributed by atoms with van der Waals surface area (Å²) in [4.78, 5) is 32.0. The van der Waals surface area contributed by atoms with Gasteiger partial charge in [-0.3, -0.25) is 4.79 Å². The molecule has 0 atom stereocenters. The van der Waals surface area contributed by atoms with E-state index in [0.717, 1.165) is 11.1 Å². The number of imidazole rings is 1. The Hall–Kier alpha value is -3.35. The summed E-state index contributed by atoms with van der Waals surface area (Å²) in [5.41, 5.74) is 5.79. The van der Waals surface area contributed by atoms with E-state index in [2.05, 4.69) is 14.7 Å². The maximum absolute atomic E-state index is 12.9. The smallest absolute Gasteiger partial charge is 0.343 e. The number of carbonyl (C=O) groups excluding carboxylic acids is 2. The number of rotatable bonds is 7. The molecular weight excluding hydrogens is 475 g/mol. The summed E-state index contributed by atoms with van der Waals surface area (Å²) >= 11 is 12.9. The van der Waals surface area contributed by atoms with Gasteiger partial charge in [-0.1, -0.05) is 41.4 Å². The highest BCUT2D eigenvalue weighted by molar-refractivity contribution is 6.39. The van der Waals surface area contributed by atoms with Gasteiger partial charge in [0, 0.05) is 12.0 Å². The number of hydrogen-bond acceptors (Lipinski definition) is 5. The van der Waals surface area contributed by atoms with Crippen molar-refractivity contribution in [3.8, 4) is 17.1 Å². The first-order valence-corrected chi connectivity index (χ1v) is 11.3. The Labute approximate surface area is 206 Å². The van der Waals surface area contributed by atoms with Crippen LogP contribution in [0.2, 0.25) is 10.0 Å². The number of halogens is 2. The number of esters is 1. The van der Waals surface area contributed by atoms with Crippen molar-refractivity contribution in [2.45, 2.75) is 20.3 Å². The fraction of sp³-hybridized carbons (Fsp3) is 0.192. The first-order valence-electron chi connectivity index (χ1n) is 10.5. The van der Waals surface area contributed by atoms with Gasteiger partial charge in [0.05, 0.1) is 33.8 Å². The van der Waals surface area contributed by atoms with Gasteiger partial charge >= 0.3 is 5.97 Å². The number of Topliss-reactive ketones (excluding diaryl/α,β-unsaturated/α-hetero) is 1. The molecule has 0 bridgehead atoms. The summed E-state index contributed by atoms with van der Waals surface area (Å²) in [6.07, 6.45) is 0.318. The van der Waals surface area contributed by atoms with E-state index in [1.54, 1.807) is 30.3 Å². The van der Waals surface area contributed by atoms with Gasteiger partial charge in [-0.05, 0) is 60.9 Å². The number of ketones is 1. The summed E-state index contributed by atoms with van der Waals surface area (Å²) in [7, 11) is 1.28. The number of aromatic amines is 1. The average molecular weight is 497 g/mol. The number of benzene rings is 3. The molecule has 0 unspecified atom stereocenters. The van der Waals surface area contributed by atoms with E-state index >= 15 is 0 Å². The molecule has 0 amide bonds. The van der Waals surface area contributed by atoms with Crippen molar-refractivity contribution in [3.05, 3.63) is 80.8 Å². The zero-order valence-corrected chi connectivity index (χ0v) is 20.4. The number of fused-ring (bicyclic) bond motifs is 1. The van der Waals surface area contributed by atoms with Crippen LogP contribution in [0, 0.1) is 13.8 Å². The van der Waals surface area contributed by atoms with E-state index < -0.39 is 5.97 Å². The molecule has 0 spiro atoms. The molecule has 1 aromatic heterocycles. The van der Waals surface area contributed by atoms with Crippen LogP contribution in [0.15, 0.2) is 48.5 Å². The summed E-state index contributed by atoms with van der Waals surface area (Å²) in [6, 6.07) is 14.5. The Bertz CT molecular complexity index is 1390. The second-order valence-electron chi connectivity index (χ2n) is 7.96. The number of aromatic nitrogens is 2. The first-order chi connectivity index (χ1) is 16.2. The molecule has 0 aliphatic rings. The number of ether oxygens (including phenoxy) is 2. The quantitative estimate of drug-likeness (QED) is 0.245. The van der Waals surface area contributed by atoms with E-state index in [1.807, 2.05) is 32.0 Å². The fourth-order valence-electron chi connectivity index (χ4n) is 3.56. The van der Waals surface area contributed by atoms with Gasteiger partial charge in [-0.15, -0.1) is 0 Å². The first kappa shape index (κ1) is 23.8. The van der Waals surface area contributed by atoms with Crippen LogP contribution in [0.1, 0.15) is 27.0 Å². The van der Waals surface area contributed by atoms with Crippen LogP contribution in [-0.2, 0) is 16.0 Å². The van der Waals surface area contributed by atoms with Crippen LogP contribution >= 0.6 is 23.2 Å². The van der Waals surface area contributed by atoms with Crippen molar-refractivity contribution < 1.29 is 19.1 Å². The lowest BCUT2D eigenvalue weighted by atomic mass is 9.99. The molecule has 6 nitrogen and oxygen atoms in total. The summed E-state index contributed by atoms with van der Waals surface area (Å²) in [5, 5.41) is 0.606. The lowest BCUT2D eigenvalue weighted by Crippen LogP contribution is -2.12. The molecule has 0 aliphatic carbocycles. The topological polar surface area (TPSA) is 81.3 Å². The maximum atomic E-state index is 12.9. The largest absolute Gasteiger partial charge is 0.482 e. The molecule has 1 heterocycles. The van der Waals surface area contributed by atoms with Crippen LogP contribution in [0.4, 0.5) is 0 Å². The molecule has 0 saturated carbocycles. The molecule has 8 heteroatoms. The highest BCUT2D eigenvalue weighted by Gasteiger charge is 2.17. The van der Waals surface area contributed by atoms with E-state index in [-0.39, 0.29) is 12.4 Å². The van der Waals surface area contributed by atoms with Crippen molar-refractivity contribution in [1.29, 1.82) is 0 Å². The monoisotopic (exact) mass is 496 g/mol. The number of H-pyrrole nitrogens is 1. The molecular formula is C26H22Cl2N2O4. The Morgan fingerprint density at radius 1 is 0.971 bits per heavy atom. The zero-order valence-electron chi connectivity index (χ0n) is 18.9. The normalized spacial score (nSPS) is 11.0. The minimum Gasteiger partial charge on any atom is -0.482 e. The van der Waals surface area contributed by atoms with Gasteiger partial charge in [-0.25, -0.2) is 9.78 Å². The third kappa shape index (κ3) is 5.08. The third-order valence-corrected chi connectivity index (χ3v) is 6.17. The zero-order chi connectivity index (χ0) is 24.4. The minimum atomic E-state index is -0.517.